The highest BCUT2D eigenvalue weighted by Crippen LogP contribution is 2.20. The second-order valence-corrected chi connectivity index (χ2v) is 3.37. The van der Waals surface area contributed by atoms with Gasteiger partial charge in [0.15, 0.2) is 0 Å². The van der Waals surface area contributed by atoms with E-state index in [1.54, 1.807) is 19.2 Å². The first-order valence-electron chi connectivity index (χ1n) is 4.70. The Balaban J connectivity index is 2.41. The monoisotopic (exact) mass is 205 g/mol. The Labute approximate surface area is 87.2 Å². The highest BCUT2D eigenvalue weighted by molar-refractivity contribution is 6.22. The highest BCUT2D eigenvalue weighted by atomic mass is 16.5. The first-order chi connectivity index (χ1) is 7.24. The minimum Gasteiger partial charge on any atom is -0.384 e. The maximum Gasteiger partial charge on any atom is 0.259 e. The van der Waals surface area contributed by atoms with Crippen molar-refractivity contribution in [3.8, 4) is 0 Å². The quantitative estimate of drug-likeness (QED) is 0.741. The average molecular weight is 205 g/mol. The Bertz CT molecular complexity index is 426. The third-order valence-corrected chi connectivity index (χ3v) is 2.43. The molecule has 2 rings (SSSR count). The molecule has 15 heavy (non-hydrogen) atoms. The van der Waals surface area contributed by atoms with Crippen molar-refractivity contribution < 1.29 is 14.3 Å². The van der Waals surface area contributed by atoms with Crippen LogP contribution < -0.4 is 5.32 Å². The van der Waals surface area contributed by atoms with Gasteiger partial charge in [-0.3, -0.25) is 14.9 Å². The van der Waals surface area contributed by atoms with E-state index in [1.165, 1.54) is 0 Å². The van der Waals surface area contributed by atoms with E-state index in [9.17, 15) is 9.59 Å². The first-order valence-corrected chi connectivity index (χ1v) is 4.70. The molecule has 1 aromatic rings. The maximum absolute atomic E-state index is 11.5. The van der Waals surface area contributed by atoms with E-state index in [4.69, 9.17) is 4.74 Å². The zero-order valence-electron chi connectivity index (χ0n) is 8.37. The first kappa shape index (κ1) is 9.86. The molecule has 0 saturated carbocycles. The Hall–Kier alpha value is -1.68. The summed E-state index contributed by atoms with van der Waals surface area (Å²) in [5.41, 5.74) is 1.82. The number of ether oxygens (including phenoxy) is 1. The Morgan fingerprint density at radius 3 is 2.80 bits per heavy atom. The van der Waals surface area contributed by atoms with E-state index in [1.807, 2.05) is 6.07 Å². The third-order valence-electron chi connectivity index (χ3n) is 2.43. The highest BCUT2D eigenvalue weighted by Gasteiger charge is 2.28. The molecule has 0 unspecified atom stereocenters. The molecule has 0 bridgehead atoms. The molecule has 0 spiro atoms. The summed E-state index contributed by atoms with van der Waals surface area (Å²) in [5.74, 6) is -0.615. The molecule has 1 aromatic carbocycles. The third kappa shape index (κ3) is 1.64. The molecule has 0 fully saturated rings. The van der Waals surface area contributed by atoms with Gasteiger partial charge < -0.3 is 4.74 Å². The molecule has 0 atom stereocenters. The van der Waals surface area contributed by atoms with E-state index < -0.39 is 0 Å². The largest absolute Gasteiger partial charge is 0.384 e. The molecule has 0 aliphatic carbocycles. The Kier molecular flexibility index (Phi) is 2.51. The van der Waals surface area contributed by atoms with Crippen LogP contribution in [0, 0.1) is 0 Å². The number of nitrogens with one attached hydrogen (secondary N) is 1. The van der Waals surface area contributed by atoms with E-state index in [0.29, 0.717) is 24.2 Å². The molecule has 4 nitrogen and oxygen atoms in total. The predicted molar refractivity (Wildman–Crippen MR) is 53.8 cm³/mol. The molecule has 0 saturated heterocycles. The number of imide groups is 1. The fourth-order valence-electron chi connectivity index (χ4n) is 1.71. The molecule has 4 heteroatoms. The summed E-state index contributed by atoms with van der Waals surface area (Å²) < 4.78 is 4.95. The van der Waals surface area contributed by atoms with Gasteiger partial charge in [0.05, 0.1) is 17.7 Å². The van der Waals surface area contributed by atoms with Crippen molar-refractivity contribution in [3.05, 3.63) is 34.9 Å². The van der Waals surface area contributed by atoms with Crippen molar-refractivity contribution >= 4 is 11.8 Å². The standard InChI is InChI=1S/C11H11NO3/c1-15-6-5-7-3-2-4-8-9(7)11(14)12-10(8)13/h2-4H,5-6H2,1H3,(H,12,13,14). The van der Waals surface area contributed by atoms with Crippen molar-refractivity contribution in [2.24, 2.45) is 0 Å². The van der Waals surface area contributed by atoms with Gasteiger partial charge in [-0.1, -0.05) is 12.1 Å². The second-order valence-electron chi connectivity index (χ2n) is 3.37. The minimum atomic E-state index is -0.311. The Morgan fingerprint density at radius 2 is 2.07 bits per heavy atom. The van der Waals surface area contributed by atoms with Crippen LogP contribution in [0.2, 0.25) is 0 Å². The summed E-state index contributed by atoms with van der Waals surface area (Å²) >= 11 is 0. The van der Waals surface area contributed by atoms with Crippen molar-refractivity contribution in [1.82, 2.24) is 5.32 Å². The number of benzene rings is 1. The molecule has 1 aliphatic rings. The molecular weight excluding hydrogens is 194 g/mol. The number of hydrogen-bond acceptors (Lipinski definition) is 3. The maximum atomic E-state index is 11.5. The number of carbonyl (C=O) groups is 2. The van der Waals surface area contributed by atoms with Gasteiger partial charge in [-0.05, 0) is 18.1 Å². The summed E-state index contributed by atoms with van der Waals surface area (Å²) in [6.45, 7) is 0.540. The zero-order valence-corrected chi connectivity index (χ0v) is 8.37. The number of amides is 2. The normalized spacial score (nSPS) is 13.9. The van der Waals surface area contributed by atoms with Crippen LogP contribution >= 0.6 is 0 Å². The van der Waals surface area contributed by atoms with Crippen LogP contribution in [-0.2, 0) is 11.2 Å². The van der Waals surface area contributed by atoms with Crippen LogP contribution in [0.3, 0.4) is 0 Å². The van der Waals surface area contributed by atoms with Crippen molar-refractivity contribution in [2.45, 2.75) is 6.42 Å². The summed E-state index contributed by atoms with van der Waals surface area (Å²) in [5, 5.41) is 2.28. The Morgan fingerprint density at radius 1 is 1.27 bits per heavy atom. The number of rotatable bonds is 3. The molecular formula is C11H11NO3. The van der Waals surface area contributed by atoms with Crippen molar-refractivity contribution in [1.29, 1.82) is 0 Å². The number of methoxy groups -OCH3 is 1. The molecule has 0 radical (unpaired) electrons. The van der Waals surface area contributed by atoms with Gasteiger partial charge in [-0.2, -0.15) is 0 Å². The van der Waals surface area contributed by atoms with Crippen LogP contribution in [0.4, 0.5) is 0 Å². The number of fused-ring (bicyclic) bond motifs is 1. The van der Waals surface area contributed by atoms with E-state index in [-0.39, 0.29) is 11.8 Å². The van der Waals surface area contributed by atoms with Gasteiger partial charge in [0.2, 0.25) is 0 Å². The second kappa shape index (κ2) is 3.82. The molecule has 1 N–H and O–H groups in total. The lowest BCUT2D eigenvalue weighted by Crippen LogP contribution is -2.20. The smallest absolute Gasteiger partial charge is 0.259 e. The lowest BCUT2D eigenvalue weighted by Gasteiger charge is -2.04. The lowest BCUT2D eigenvalue weighted by molar-refractivity contribution is 0.0879. The number of hydrogen-bond donors (Lipinski definition) is 1. The van der Waals surface area contributed by atoms with Gasteiger partial charge in [0, 0.05) is 7.11 Å². The minimum absolute atomic E-state index is 0.304. The summed E-state index contributed by atoms with van der Waals surface area (Å²) in [7, 11) is 1.61. The van der Waals surface area contributed by atoms with Gasteiger partial charge in [-0.25, -0.2) is 0 Å². The van der Waals surface area contributed by atoms with E-state index in [0.717, 1.165) is 5.56 Å². The van der Waals surface area contributed by atoms with Crippen molar-refractivity contribution in [2.75, 3.05) is 13.7 Å². The topological polar surface area (TPSA) is 55.4 Å². The molecule has 1 heterocycles. The van der Waals surface area contributed by atoms with Crippen LogP contribution in [0.25, 0.3) is 0 Å². The van der Waals surface area contributed by atoms with Crippen molar-refractivity contribution in [3.63, 3.8) is 0 Å². The molecule has 2 amide bonds. The summed E-state index contributed by atoms with van der Waals surface area (Å²) in [4.78, 5) is 22.8. The van der Waals surface area contributed by atoms with Gasteiger partial charge in [0.25, 0.3) is 11.8 Å². The van der Waals surface area contributed by atoms with Crippen LogP contribution in [-0.4, -0.2) is 25.5 Å². The fourth-order valence-corrected chi connectivity index (χ4v) is 1.71. The van der Waals surface area contributed by atoms with Crippen LogP contribution in [0.5, 0.6) is 0 Å². The van der Waals surface area contributed by atoms with E-state index in [2.05, 4.69) is 5.32 Å². The molecule has 0 aromatic heterocycles. The lowest BCUT2D eigenvalue weighted by atomic mass is 10.0. The van der Waals surface area contributed by atoms with Gasteiger partial charge >= 0.3 is 0 Å². The molecule has 1 aliphatic heterocycles. The predicted octanol–water partition coefficient (Wildman–Crippen LogP) is 0.759. The van der Waals surface area contributed by atoms with E-state index >= 15 is 0 Å². The number of carbonyl (C=O) groups excluding carboxylic acids is 2. The van der Waals surface area contributed by atoms with Crippen LogP contribution in [0.1, 0.15) is 26.3 Å². The van der Waals surface area contributed by atoms with Gasteiger partial charge in [0.1, 0.15) is 0 Å². The fraction of sp³-hybridized carbons (Fsp3) is 0.273. The summed E-state index contributed by atoms with van der Waals surface area (Å²) in [6.07, 6.45) is 0.639. The van der Waals surface area contributed by atoms with Crippen LogP contribution in [0.15, 0.2) is 18.2 Å². The molecule has 78 valence electrons. The average Bonchev–Trinajstić information content (AvgIpc) is 2.53. The summed E-state index contributed by atoms with van der Waals surface area (Å²) in [6, 6.07) is 5.28. The SMILES string of the molecule is COCCc1cccc2c1C(=O)NC2=O. The zero-order chi connectivity index (χ0) is 10.8. The van der Waals surface area contributed by atoms with Gasteiger partial charge in [-0.15, -0.1) is 0 Å².